The Balaban J connectivity index is 1.99. The van der Waals surface area contributed by atoms with Gasteiger partial charge in [-0.2, -0.15) is 0 Å². The lowest BCUT2D eigenvalue weighted by molar-refractivity contribution is -0.127. The summed E-state index contributed by atoms with van der Waals surface area (Å²) in [6.45, 7) is 5.80. The summed E-state index contributed by atoms with van der Waals surface area (Å²) >= 11 is 0. The van der Waals surface area contributed by atoms with Crippen molar-refractivity contribution in [3.05, 3.63) is 60.1 Å². The molecule has 1 aromatic heterocycles. The lowest BCUT2D eigenvalue weighted by Crippen LogP contribution is -2.50. The minimum atomic E-state index is -0.675. The van der Waals surface area contributed by atoms with Gasteiger partial charge in [0.25, 0.3) is 5.91 Å². The van der Waals surface area contributed by atoms with Gasteiger partial charge in [-0.05, 0) is 51.3 Å². The topological polar surface area (TPSA) is 62.6 Å². The summed E-state index contributed by atoms with van der Waals surface area (Å²) in [5, 5.41) is 3.02. The fraction of sp³-hybridized carbons (Fsp3) is 0.400. The van der Waals surface area contributed by atoms with Crippen molar-refractivity contribution in [2.45, 2.75) is 51.2 Å². The first kappa shape index (κ1) is 17.3. The molecule has 2 aromatic rings. The number of amides is 2. The summed E-state index contributed by atoms with van der Waals surface area (Å²) in [5.41, 5.74) is 0.420. The van der Waals surface area contributed by atoms with Gasteiger partial charge < -0.3 is 14.6 Å². The largest absolute Gasteiger partial charge is 0.459 e. The van der Waals surface area contributed by atoms with E-state index >= 15 is 0 Å². The highest BCUT2D eigenvalue weighted by Gasteiger charge is 2.42. The summed E-state index contributed by atoms with van der Waals surface area (Å²) in [5.74, 6) is -0.160. The molecule has 1 fully saturated rings. The van der Waals surface area contributed by atoms with Gasteiger partial charge in [0.05, 0.1) is 6.26 Å². The zero-order valence-corrected chi connectivity index (χ0v) is 14.9. The van der Waals surface area contributed by atoms with Crippen LogP contribution in [0.4, 0.5) is 0 Å². The van der Waals surface area contributed by atoms with E-state index in [1.54, 1.807) is 17.0 Å². The SMILES string of the molecule is CC(C)(C)NC(=O)[C@H](c1ccccc1)N(C(=O)c1ccco1)C1CC1. The van der Waals surface area contributed by atoms with E-state index in [1.165, 1.54) is 6.26 Å². The molecule has 5 nitrogen and oxygen atoms in total. The van der Waals surface area contributed by atoms with Crippen LogP contribution in [0.1, 0.15) is 55.8 Å². The van der Waals surface area contributed by atoms with E-state index in [-0.39, 0.29) is 29.2 Å². The highest BCUT2D eigenvalue weighted by atomic mass is 16.3. The van der Waals surface area contributed by atoms with Crippen LogP contribution in [0.2, 0.25) is 0 Å². The molecule has 0 aliphatic heterocycles. The second kappa shape index (κ2) is 6.75. The molecule has 1 atom stereocenters. The maximum absolute atomic E-state index is 13.1. The Morgan fingerprint density at radius 1 is 1.12 bits per heavy atom. The van der Waals surface area contributed by atoms with Crippen LogP contribution in [0.3, 0.4) is 0 Å². The molecule has 1 aromatic carbocycles. The minimum absolute atomic E-state index is 0.0634. The molecule has 5 heteroatoms. The molecule has 2 amide bonds. The van der Waals surface area contributed by atoms with E-state index in [9.17, 15) is 9.59 Å². The van der Waals surface area contributed by atoms with Crippen LogP contribution in [0.5, 0.6) is 0 Å². The van der Waals surface area contributed by atoms with Crippen molar-refractivity contribution >= 4 is 11.8 Å². The number of hydrogen-bond acceptors (Lipinski definition) is 3. The first-order valence-electron chi connectivity index (χ1n) is 8.60. The molecule has 0 bridgehead atoms. The first-order chi connectivity index (χ1) is 11.9. The van der Waals surface area contributed by atoms with E-state index in [0.29, 0.717) is 0 Å². The molecular weight excluding hydrogens is 316 g/mol. The van der Waals surface area contributed by atoms with E-state index in [4.69, 9.17) is 4.42 Å². The Morgan fingerprint density at radius 3 is 2.32 bits per heavy atom. The molecule has 1 saturated carbocycles. The monoisotopic (exact) mass is 340 g/mol. The van der Waals surface area contributed by atoms with Gasteiger partial charge in [-0.1, -0.05) is 30.3 Å². The molecule has 0 unspecified atom stereocenters. The number of carbonyl (C=O) groups excluding carboxylic acids is 2. The average Bonchev–Trinajstić information content (AvgIpc) is 3.23. The highest BCUT2D eigenvalue weighted by Crippen LogP contribution is 2.36. The molecule has 0 spiro atoms. The number of rotatable bonds is 5. The Kier molecular flexibility index (Phi) is 4.66. The molecule has 0 saturated heterocycles. The van der Waals surface area contributed by atoms with Crippen LogP contribution < -0.4 is 5.32 Å². The molecule has 0 radical (unpaired) electrons. The summed E-state index contributed by atoms with van der Waals surface area (Å²) in [6.07, 6.45) is 3.28. The fourth-order valence-corrected chi connectivity index (χ4v) is 2.89. The first-order valence-corrected chi connectivity index (χ1v) is 8.60. The van der Waals surface area contributed by atoms with Gasteiger partial charge in [0.2, 0.25) is 5.91 Å². The van der Waals surface area contributed by atoms with Crippen LogP contribution in [0, 0.1) is 0 Å². The van der Waals surface area contributed by atoms with Gasteiger partial charge in [-0.3, -0.25) is 9.59 Å². The predicted octanol–water partition coefficient (Wildman–Crippen LogP) is 3.54. The summed E-state index contributed by atoms with van der Waals surface area (Å²) in [6, 6.07) is 12.2. The van der Waals surface area contributed by atoms with E-state index in [1.807, 2.05) is 51.1 Å². The van der Waals surface area contributed by atoms with Crippen LogP contribution in [-0.4, -0.2) is 28.3 Å². The second-order valence-electron chi connectivity index (χ2n) is 7.47. The number of hydrogen-bond donors (Lipinski definition) is 1. The minimum Gasteiger partial charge on any atom is -0.459 e. The maximum Gasteiger partial charge on any atom is 0.290 e. The van der Waals surface area contributed by atoms with Gasteiger partial charge in [0.15, 0.2) is 5.76 Å². The third-order valence-electron chi connectivity index (χ3n) is 4.05. The standard InChI is InChI=1S/C20H24N2O3/c1-20(2,3)21-18(23)17(14-8-5-4-6-9-14)22(15-11-12-15)19(24)16-10-7-13-25-16/h4-10,13,15,17H,11-12H2,1-3H3,(H,21,23)/t17-/m0/s1. The van der Waals surface area contributed by atoms with Crippen molar-refractivity contribution in [3.8, 4) is 0 Å². The summed E-state index contributed by atoms with van der Waals surface area (Å²) in [7, 11) is 0. The van der Waals surface area contributed by atoms with Gasteiger partial charge in [-0.15, -0.1) is 0 Å². The molecule has 1 aliphatic carbocycles. The van der Waals surface area contributed by atoms with E-state index < -0.39 is 6.04 Å². The third-order valence-corrected chi connectivity index (χ3v) is 4.05. The number of furan rings is 1. The fourth-order valence-electron chi connectivity index (χ4n) is 2.89. The van der Waals surface area contributed by atoms with Crippen molar-refractivity contribution < 1.29 is 14.0 Å². The quantitative estimate of drug-likeness (QED) is 0.905. The predicted molar refractivity (Wildman–Crippen MR) is 95.0 cm³/mol. The average molecular weight is 340 g/mol. The smallest absolute Gasteiger partial charge is 0.290 e. The lowest BCUT2D eigenvalue weighted by Gasteiger charge is -2.33. The highest BCUT2D eigenvalue weighted by molar-refractivity contribution is 5.96. The Labute approximate surface area is 148 Å². The Bertz CT molecular complexity index is 728. The number of carbonyl (C=O) groups is 2. The molecule has 132 valence electrons. The zero-order chi connectivity index (χ0) is 18.0. The maximum atomic E-state index is 13.1. The molecule has 3 rings (SSSR count). The molecule has 1 N–H and O–H groups in total. The van der Waals surface area contributed by atoms with Gasteiger partial charge in [-0.25, -0.2) is 0 Å². The van der Waals surface area contributed by atoms with Crippen LogP contribution >= 0.6 is 0 Å². The normalized spacial score (nSPS) is 15.5. The van der Waals surface area contributed by atoms with Crippen LogP contribution in [0.15, 0.2) is 53.1 Å². The number of nitrogens with one attached hydrogen (secondary N) is 1. The van der Waals surface area contributed by atoms with E-state index in [2.05, 4.69) is 5.32 Å². The van der Waals surface area contributed by atoms with E-state index in [0.717, 1.165) is 18.4 Å². The van der Waals surface area contributed by atoms with Crippen molar-refractivity contribution in [2.75, 3.05) is 0 Å². The molecule has 25 heavy (non-hydrogen) atoms. The van der Waals surface area contributed by atoms with Crippen molar-refractivity contribution in [2.24, 2.45) is 0 Å². The van der Waals surface area contributed by atoms with Crippen molar-refractivity contribution in [1.29, 1.82) is 0 Å². The van der Waals surface area contributed by atoms with Gasteiger partial charge in [0, 0.05) is 11.6 Å². The molecule has 1 aliphatic rings. The number of benzene rings is 1. The van der Waals surface area contributed by atoms with Gasteiger partial charge in [0.1, 0.15) is 6.04 Å². The third kappa shape index (κ3) is 4.10. The van der Waals surface area contributed by atoms with Crippen molar-refractivity contribution in [3.63, 3.8) is 0 Å². The summed E-state index contributed by atoms with van der Waals surface area (Å²) in [4.78, 5) is 27.8. The Morgan fingerprint density at radius 2 is 1.80 bits per heavy atom. The van der Waals surface area contributed by atoms with Crippen LogP contribution in [-0.2, 0) is 4.79 Å². The lowest BCUT2D eigenvalue weighted by atomic mass is 10.0. The second-order valence-corrected chi connectivity index (χ2v) is 7.47. The Hall–Kier alpha value is -2.56. The summed E-state index contributed by atoms with van der Waals surface area (Å²) < 4.78 is 5.30. The molecular formula is C20H24N2O3. The van der Waals surface area contributed by atoms with Crippen molar-refractivity contribution in [1.82, 2.24) is 10.2 Å². The van der Waals surface area contributed by atoms with Crippen LogP contribution in [0.25, 0.3) is 0 Å². The van der Waals surface area contributed by atoms with Gasteiger partial charge >= 0.3 is 0 Å². The number of nitrogens with zero attached hydrogens (tertiary/aromatic N) is 1. The molecule has 1 heterocycles. The zero-order valence-electron chi connectivity index (χ0n) is 14.9.